The van der Waals surface area contributed by atoms with Crippen molar-refractivity contribution in [3.05, 3.63) is 44.6 Å². The number of nitrogens with zero attached hydrogens (tertiary/aromatic N) is 5. The van der Waals surface area contributed by atoms with Gasteiger partial charge in [-0.3, -0.25) is 4.90 Å². The van der Waals surface area contributed by atoms with E-state index in [1.807, 2.05) is 6.92 Å². The zero-order chi connectivity index (χ0) is 16.6. The van der Waals surface area contributed by atoms with Crippen LogP contribution in [0.5, 0.6) is 0 Å². The van der Waals surface area contributed by atoms with Gasteiger partial charge in [-0.2, -0.15) is 4.85 Å². The molecule has 8 nitrogen and oxygen atoms in total. The minimum atomic E-state index is -0.614. The molecule has 0 radical (unpaired) electrons. The minimum absolute atomic E-state index is 0.00264. The molecule has 0 aliphatic carbocycles. The van der Waals surface area contributed by atoms with Crippen molar-refractivity contribution < 1.29 is 9.77 Å². The summed E-state index contributed by atoms with van der Waals surface area (Å²) in [6.45, 7) is 2.57. The molecular weight excluding hydrogens is 322 g/mol. The summed E-state index contributed by atoms with van der Waals surface area (Å²) in [7, 11) is 0. The summed E-state index contributed by atoms with van der Waals surface area (Å²) in [4.78, 5) is 14.0. The van der Waals surface area contributed by atoms with Crippen LogP contribution in [0.3, 0.4) is 0 Å². The highest BCUT2D eigenvalue weighted by Crippen LogP contribution is 2.29. The fraction of sp³-hybridized carbons (Fsp3) is 0.429. The molecule has 0 spiro atoms. The number of hydrogen-bond acceptors (Lipinski definition) is 5. The summed E-state index contributed by atoms with van der Waals surface area (Å²) in [6.07, 6.45) is 2.84. The number of anilines is 1. The predicted octanol–water partition coefficient (Wildman–Crippen LogP) is 2.45. The number of nitro groups is 1. The fourth-order valence-corrected chi connectivity index (χ4v) is 2.98. The van der Waals surface area contributed by atoms with Gasteiger partial charge in [0, 0.05) is 10.1 Å². The summed E-state index contributed by atoms with van der Waals surface area (Å²) in [5.74, 6) is -0.430. The maximum Gasteiger partial charge on any atom is 0.428 e. The van der Waals surface area contributed by atoms with Crippen molar-refractivity contribution in [2.75, 3.05) is 11.4 Å². The molecule has 2 aromatic rings. The van der Waals surface area contributed by atoms with Crippen LogP contribution in [0.4, 0.5) is 11.6 Å². The third-order valence-electron chi connectivity index (χ3n) is 4.05. The van der Waals surface area contributed by atoms with Crippen LogP contribution in [0.25, 0.3) is 5.69 Å². The first-order valence-corrected chi connectivity index (χ1v) is 7.76. The second kappa shape index (κ2) is 6.04. The Morgan fingerprint density at radius 1 is 1.35 bits per heavy atom. The van der Waals surface area contributed by atoms with E-state index in [0.717, 1.165) is 24.1 Å². The molecule has 9 heteroatoms. The lowest BCUT2D eigenvalue weighted by molar-refractivity contribution is -0.677. The molecule has 23 heavy (non-hydrogen) atoms. The summed E-state index contributed by atoms with van der Waals surface area (Å²) >= 11 is 5.84. The van der Waals surface area contributed by atoms with E-state index in [2.05, 4.69) is 5.10 Å². The average Bonchev–Trinajstić information content (AvgIpc) is 2.86. The Bertz CT molecular complexity index is 731. The smallest absolute Gasteiger partial charge is 0.428 e. The van der Waals surface area contributed by atoms with Crippen LogP contribution in [0.1, 0.15) is 26.2 Å². The van der Waals surface area contributed by atoms with E-state index in [-0.39, 0.29) is 11.9 Å². The molecule has 1 aromatic carbocycles. The van der Waals surface area contributed by atoms with Crippen LogP contribution >= 0.6 is 11.6 Å². The van der Waals surface area contributed by atoms with Crippen LogP contribution < -0.4 is 9.75 Å². The average molecular weight is 338 g/mol. The molecule has 0 amide bonds. The van der Waals surface area contributed by atoms with Gasteiger partial charge in [0.15, 0.2) is 0 Å². The number of halogens is 1. The third kappa shape index (κ3) is 2.81. The van der Waals surface area contributed by atoms with E-state index in [1.165, 1.54) is 0 Å². The number of hydrogen-bond donors (Lipinski definition) is 0. The lowest BCUT2D eigenvalue weighted by atomic mass is 10.0. The molecule has 1 aromatic heterocycles. The first-order chi connectivity index (χ1) is 11.0. The van der Waals surface area contributed by atoms with Crippen molar-refractivity contribution in [1.82, 2.24) is 9.90 Å². The number of aromatic nitrogens is 3. The van der Waals surface area contributed by atoms with Crippen molar-refractivity contribution in [3.8, 4) is 5.69 Å². The van der Waals surface area contributed by atoms with Crippen LogP contribution in [-0.4, -0.2) is 27.4 Å². The molecule has 1 saturated heterocycles. The molecule has 0 saturated carbocycles. The highest BCUT2D eigenvalue weighted by Gasteiger charge is 2.36. The fourth-order valence-electron chi connectivity index (χ4n) is 2.86. The van der Waals surface area contributed by atoms with Gasteiger partial charge in [-0.25, -0.2) is 0 Å². The Morgan fingerprint density at radius 3 is 2.65 bits per heavy atom. The molecular formula is C14H16ClN5O3. The van der Waals surface area contributed by atoms with E-state index < -0.39 is 10.7 Å². The largest absolute Gasteiger partial charge is 0.723 e. The quantitative estimate of drug-likeness (QED) is 0.371. The van der Waals surface area contributed by atoms with E-state index >= 15 is 0 Å². The Kier molecular flexibility index (Phi) is 4.08. The summed E-state index contributed by atoms with van der Waals surface area (Å²) < 4.78 is 0. The summed E-state index contributed by atoms with van der Waals surface area (Å²) in [6, 6.07) is 6.46. The standard InChI is InChI=1S/C14H16ClN5O3/c1-10-4-2-3-9-17(10)14-13(20(22)23)16-18(19(14)21)12-7-5-11(15)6-8-12/h5-8,10H,2-4,9H2,1H3. The molecule has 122 valence electrons. The Labute approximate surface area is 137 Å². The number of benzene rings is 1. The van der Waals surface area contributed by atoms with Gasteiger partial charge in [0.05, 0.1) is 12.6 Å². The van der Waals surface area contributed by atoms with Gasteiger partial charge in [0.2, 0.25) is 0 Å². The number of piperidine rings is 1. The Balaban J connectivity index is 2.11. The normalized spacial score (nSPS) is 18.2. The second-order valence-corrected chi connectivity index (χ2v) is 6.02. The topological polar surface area (TPSA) is 91.1 Å². The molecule has 1 atom stereocenters. The van der Waals surface area contributed by atoms with Gasteiger partial charge >= 0.3 is 11.6 Å². The molecule has 1 aliphatic rings. The highest BCUT2D eigenvalue weighted by atomic mass is 35.5. The maximum atomic E-state index is 12.7. The monoisotopic (exact) mass is 337 g/mol. The Morgan fingerprint density at radius 2 is 2.04 bits per heavy atom. The van der Waals surface area contributed by atoms with Crippen molar-refractivity contribution in [1.29, 1.82) is 0 Å². The van der Waals surface area contributed by atoms with Crippen LogP contribution in [0.2, 0.25) is 5.02 Å². The van der Waals surface area contributed by atoms with Gasteiger partial charge in [-0.05, 0) is 55.4 Å². The van der Waals surface area contributed by atoms with E-state index in [1.54, 1.807) is 29.2 Å². The van der Waals surface area contributed by atoms with Crippen molar-refractivity contribution >= 4 is 23.2 Å². The molecule has 1 fully saturated rings. The van der Waals surface area contributed by atoms with Gasteiger partial charge in [-0.1, -0.05) is 16.4 Å². The SMILES string of the molecule is CC1CCCCN1c1c([N+](=O)[O-])nn(-c2ccc(Cl)cc2)[n+]1[O-]. The lowest BCUT2D eigenvalue weighted by Gasteiger charge is -2.30. The maximum absolute atomic E-state index is 12.7. The summed E-state index contributed by atoms with van der Waals surface area (Å²) in [5.41, 5.74) is 0.420. The van der Waals surface area contributed by atoms with Crippen molar-refractivity contribution in [2.45, 2.75) is 32.2 Å². The minimum Gasteiger partial charge on any atom is -0.723 e. The van der Waals surface area contributed by atoms with Crippen LogP contribution in [0.15, 0.2) is 24.3 Å². The van der Waals surface area contributed by atoms with Crippen LogP contribution in [0, 0.1) is 15.3 Å². The first-order valence-electron chi connectivity index (χ1n) is 7.39. The van der Waals surface area contributed by atoms with E-state index in [4.69, 9.17) is 11.6 Å². The van der Waals surface area contributed by atoms with E-state index in [9.17, 15) is 15.3 Å². The molecule has 1 unspecified atom stereocenters. The van der Waals surface area contributed by atoms with E-state index in [0.29, 0.717) is 22.1 Å². The highest BCUT2D eigenvalue weighted by molar-refractivity contribution is 6.30. The number of rotatable bonds is 3. The molecule has 0 bridgehead atoms. The zero-order valence-electron chi connectivity index (χ0n) is 12.6. The van der Waals surface area contributed by atoms with Gasteiger partial charge < -0.3 is 15.3 Å². The predicted molar refractivity (Wildman–Crippen MR) is 84.8 cm³/mol. The van der Waals surface area contributed by atoms with Gasteiger partial charge in [0.25, 0.3) is 0 Å². The molecule has 3 rings (SSSR count). The zero-order valence-corrected chi connectivity index (χ0v) is 13.3. The summed E-state index contributed by atoms with van der Waals surface area (Å²) in [5, 5.41) is 28.4. The van der Waals surface area contributed by atoms with Gasteiger partial charge in [-0.15, -0.1) is 0 Å². The molecule has 1 aliphatic heterocycles. The van der Waals surface area contributed by atoms with Gasteiger partial charge in [0.1, 0.15) is 5.69 Å². The molecule has 0 N–H and O–H groups in total. The molecule has 2 heterocycles. The first kappa shape index (κ1) is 15.5. The second-order valence-electron chi connectivity index (χ2n) is 5.58. The lowest BCUT2D eigenvalue weighted by Crippen LogP contribution is -2.47. The van der Waals surface area contributed by atoms with Crippen molar-refractivity contribution in [2.24, 2.45) is 0 Å². The van der Waals surface area contributed by atoms with Crippen LogP contribution in [-0.2, 0) is 0 Å². The Hall–Kier alpha value is -2.35. The third-order valence-corrected chi connectivity index (χ3v) is 4.30. The van der Waals surface area contributed by atoms with Crippen molar-refractivity contribution in [3.63, 3.8) is 0 Å².